The SMILES string of the molecule is CCOC(=O)CCc1cccc(C(C)(CCCCCc2nn[nH]n2)c2nc(-c3cc(Oc4c(F)cc5[nH]ccc5c4CO)ccc3F)n[nH]2)c1. The first kappa shape index (κ1) is 34.4. The minimum Gasteiger partial charge on any atom is -0.466 e. The van der Waals surface area contributed by atoms with Crippen LogP contribution in [0.4, 0.5) is 8.78 Å². The van der Waals surface area contributed by atoms with Gasteiger partial charge in [-0.2, -0.15) is 10.3 Å². The molecule has 6 rings (SSSR count). The summed E-state index contributed by atoms with van der Waals surface area (Å²) < 4.78 is 41.5. The van der Waals surface area contributed by atoms with Crippen molar-refractivity contribution in [2.45, 2.75) is 70.8 Å². The Morgan fingerprint density at radius 2 is 1.88 bits per heavy atom. The highest BCUT2D eigenvalue weighted by atomic mass is 19.1. The van der Waals surface area contributed by atoms with Crippen LogP contribution in [0, 0.1) is 11.6 Å². The van der Waals surface area contributed by atoms with Gasteiger partial charge >= 0.3 is 5.97 Å². The molecule has 1 unspecified atom stereocenters. The van der Waals surface area contributed by atoms with Crippen LogP contribution in [0.1, 0.15) is 74.3 Å². The molecule has 260 valence electrons. The predicted octanol–water partition coefficient (Wildman–Crippen LogP) is 6.63. The highest BCUT2D eigenvalue weighted by Gasteiger charge is 2.33. The lowest BCUT2D eigenvalue weighted by atomic mass is 9.76. The minimum atomic E-state index is -0.674. The van der Waals surface area contributed by atoms with Crippen molar-refractivity contribution in [1.82, 2.24) is 40.8 Å². The fourth-order valence-electron chi connectivity index (χ4n) is 6.15. The van der Waals surface area contributed by atoms with Crippen molar-refractivity contribution < 1.29 is 28.2 Å². The van der Waals surface area contributed by atoms with E-state index in [1.807, 2.05) is 18.2 Å². The van der Waals surface area contributed by atoms with E-state index < -0.39 is 23.7 Å². The van der Waals surface area contributed by atoms with Crippen LogP contribution in [-0.4, -0.2) is 58.5 Å². The molecule has 1 atom stereocenters. The van der Waals surface area contributed by atoms with Gasteiger partial charge in [-0.25, -0.2) is 13.8 Å². The molecule has 0 aliphatic heterocycles. The number of aromatic nitrogens is 8. The molecule has 0 fully saturated rings. The van der Waals surface area contributed by atoms with Gasteiger partial charge in [0.1, 0.15) is 17.4 Å². The van der Waals surface area contributed by atoms with Gasteiger partial charge in [0.05, 0.1) is 24.2 Å². The molecular formula is C36H38F2N8O4. The molecule has 0 aliphatic rings. The van der Waals surface area contributed by atoms with E-state index >= 15 is 8.78 Å². The number of aryl methyl sites for hydroxylation is 2. The maximum Gasteiger partial charge on any atom is 0.306 e. The molecule has 6 aromatic rings. The van der Waals surface area contributed by atoms with Gasteiger partial charge in [0.15, 0.2) is 23.2 Å². The Morgan fingerprint density at radius 3 is 2.68 bits per heavy atom. The van der Waals surface area contributed by atoms with E-state index in [9.17, 15) is 9.90 Å². The standard InChI is InChI=1S/C36H38F2N8O4/c1-3-49-32(48)14-11-22-8-7-9-23(18-22)36(2,16-6-4-5-10-31-41-45-46-42-31)35-40-34(43-44-35)26-19-24(12-13-28(26)37)50-33-27(21-47)25-15-17-39-30(25)20-29(33)38/h7-9,12-13,15,17-20,39,47H,3-6,10-11,14,16,21H2,1-2H3,(H,40,43,44)(H,41,42,45,46). The molecule has 3 aromatic carbocycles. The van der Waals surface area contributed by atoms with E-state index in [-0.39, 0.29) is 40.8 Å². The van der Waals surface area contributed by atoms with Crippen LogP contribution >= 0.6 is 0 Å². The van der Waals surface area contributed by atoms with Gasteiger partial charge in [-0.05, 0) is 68.5 Å². The third-order valence-corrected chi connectivity index (χ3v) is 8.88. The number of aromatic amines is 3. The maximum atomic E-state index is 15.4. The van der Waals surface area contributed by atoms with Crippen molar-refractivity contribution >= 4 is 16.9 Å². The second-order valence-corrected chi connectivity index (χ2v) is 12.2. The number of rotatable bonds is 16. The lowest BCUT2D eigenvalue weighted by molar-refractivity contribution is -0.143. The van der Waals surface area contributed by atoms with E-state index in [4.69, 9.17) is 14.5 Å². The zero-order valence-corrected chi connectivity index (χ0v) is 27.8. The van der Waals surface area contributed by atoms with E-state index in [2.05, 4.69) is 48.8 Å². The van der Waals surface area contributed by atoms with Gasteiger partial charge in [-0.15, -0.1) is 10.2 Å². The van der Waals surface area contributed by atoms with E-state index in [0.717, 1.165) is 30.4 Å². The fraction of sp³-hybridized carbons (Fsp3) is 0.333. The average molecular weight is 685 g/mol. The molecule has 0 aliphatic carbocycles. The summed E-state index contributed by atoms with van der Waals surface area (Å²) in [5, 5.41) is 32.3. The van der Waals surface area contributed by atoms with Crippen molar-refractivity contribution in [1.29, 1.82) is 0 Å². The molecule has 3 aromatic heterocycles. The maximum absolute atomic E-state index is 15.4. The Morgan fingerprint density at radius 1 is 1.00 bits per heavy atom. The fourth-order valence-corrected chi connectivity index (χ4v) is 6.15. The molecule has 3 heterocycles. The first-order valence-electron chi connectivity index (χ1n) is 16.6. The lowest BCUT2D eigenvalue weighted by Gasteiger charge is -2.28. The summed E-state index contributed by atoms with van der Waals surface area (Å²) in [5.74, 6) is -0.216. The summed E-state index contributed by atoms with van der Waals surface area (Å²) >= 11 is 0. The van der Waals surface area contributed by atoms with Crippen molar-refractivity contribution in [3.05, 3.63) is 101 Å². The van der Waals surface area contributed by atoms with Crippen LogP contribution in [0.2, 0.25) is 0 Å². The quantitative estimate of drug-likeness (QED) is 0.0646. The van der Waals surface area contributed by atoms with E-state index in [1.165, 1.54) is 24.3 Å². The number of aliphatic hydroxyl groups is 1. The summed E-state index contributed by atoms with van der Waals surface area (Å²) in [5.41, 5.74) is 2.12. The number of carbonyl (C=O) groups excluding carboxylic acids is 1. The first-order valence-corrected chi connectivity index (χ1v) is 16.6. The largest absolute Gasteiger partial charge is 0.466 e. The highest BCUT2D eigenvalue weighted by Crippen LogP contribution is 2.38. The van der Waals surface area contributed by atoms with Crippen molar-refractivity contribution in [3.63, 3.8) is 0 Å². The second-order valence-electron chi connectivity index (χ2n) is 12.2. The molecule has 4 N–H and O–H groups in total. The Hall–Kier alpha value is -5.50. The zero-order chi connectivity index (χ0) is 35.1. The van der Waals surface area contributed by atoms with Gasteiger partial charge in [-0.1, -0.05) is 42.3 Å². The molecule has 0 saturated heterocycles. The topological polar surface area (TPSA) is 168 Å². The number of halogens is 2. The molecule has 50 heavy (non-hydrogen) atoms. The first-order chi connectivity index (χ1) is 24.3. The number of unbranched alkanes of at least 4 members (excludes halogenated alkanes) is 2. The van der Waals surface area contributed by atoms with Gasteiger partial charge < -0.3 is 19.6 Å². The number of hydrogen-bond donors (Lipinski definition) is 4. The van der Waals surface area contributed by atoms with Crippen molar-refractivity contribution in [3.8, 4) is 22.9 Å². The van der Waals surface area contributed by atoms with Crippen molar-refractivity contribution in [2.75, 3.05) is 6.61 Å². The van der Waals surface area contributed by atoms with Crippen LogP contribution in [0.15, 0.2) is 60.8 Å². The number of carbonyl (C=O) groups is 1. The molecule has 12 nitrogen and oxygen atoms in total. The average Bonchev–Trinajstić information content (AvgIpc) is 3.92. The minimum absolute atomic E-state index is 0.0596. The van der Waals surface area contributed by atoms with Gasteiger partial charge in [0, 0.05) is 41.6 Å². The van der Waals surface area contributed by atoms with Gasteiger partial charge in [-0.3, -0.25) is 9.89 Å². The van der Waals surface area contributed by atoms with Crippen LogP contribution in [0.5, 0.6) is 11.5 Å². The number of H-pyrrole nitrogens is 3. The normalized spacial score (nSPS) is 12.7. The number of tetrazole rings is 1. The summed E-state index contributed by atoms with van der Waals surface area (Å²) in [7, 11) is 0. The Labute approximate surface area is 286 Å². The number of benzene rings is 3. The predicted molar refractivity (Wildman–Crippen MR) is 180 cm³/mol. The van der Waals surface area contributed by atoms with Gasteiger partial charge in [0.25, 0.3) is 0 Å². The van der Waals surface area contributed by atoms with Gasteiger partial charge in [0.2, 0.25) is 0 Å². The number of nitrogens with zero attached hydrogens (tertiary/aromatic N) is 5. The van der Waals surface area contributed by atoms with E-state index in [1.54, 1.807) is 19.2 Å². The molecule has 0 radical (unpaired) electrons. The van der Waals surface area contributed by atoms with Crippen LogP contribution in [0.25, 0.3) is 22.3 Å². The Bertz CT molecular complexity index is 2060. The molecule has 0 spiro atoms. The summed E-state index contributed by atoms with van der Waals surface area (Å²) in [4.78, 5) is 19.8. The van der Waals surface area contributed by atoms with E-state index in [0.29, 0.717) is 48.4 Å². The molecule has 0 saturated carbocycles. The molecule has 0 amide bonds. The van der Waals surface area contributed by atoms with Crippen LogP contribution in [-0.2, 0) is 34.4 Å². The third kappa shape index (κ3) is 7.54. The summed E-state index contributed by atoms with van der Waals surface area (Å²) in [6, 6.07) is 15.0. The third-order valence-electron chi connectivity index (χ3n) is 8.88. The zero-order valence-electron chi connectivity index (χ0n) is 27.8. The molecule has 14 heteroatoms. The Balaban J connectivity index is 1.28. The summed E-state index contributed by atoms with van der Waals surface area (Å²) in [6.07, 6.45) is 6.40. The smallest absolute Gasteiger partial charge is 0.306 e. The van der Waals surface area contributed by atoms with Crippen LogP contribution < -0.4 is 4.74 Å². The van der Waals surface area contributed by atoms with Crippen LogP contribution in [0.3, 0.4) is 0 Å². The Kier molecular flexibility index (Phi) is 10.6. The lowest BCUT2D eigenvalue weighted by Crippen LogP contribution is -2.26. The number of nitrogens with one attached hydrogen (secondary N) is 3. The van der Waals surface area contributed by atoms with Crippen molar-refractivity contribution in [2.24, 2.45) is 0 Å². The highest BCUT2D eigenvalue weighted by molar-refractivity contribution is 5.85. The molecule has 0 bridgehead atoms. The number of fused-ring (bicyclic) bond motifs is 1. The number of hydrogen-bond acceptors (Lipinski definition) is 9. The molecular weight excluding hydrogens is 646 g/mol. The summed E-state index contributed by atoms with van der Waals surface area (Å²) in [6.45, 7) is 3.72. The number of esters is 1. The number of ether oxygens (including phenoxy) is 2. The second kappa shape index (κ2) is 15.4. The monoisotopic (exact) mass is 684 g/mol. The number of aliphatic hydroxyl groups excluding tert-OH is 1.